The predicted molar refractivity (Wildman–Crippen MR) is 73.7 cm³/mol. The fraction of sp³-hybridized carbons (Fsp3) is 0.429. The van der Waals surface area contributed by atoms with Gasteiger partial charge in [0.25, 0.3) is 0 Å². The Bertz CT molecular complexity index is 569. The second-order valence-electron chi connectivity index (χ2n) is 4.60. The van der Waals surface area contributed by atoms with Gasteiger partial charge in [-0.25, -0.2) is 0 Å². The molecule has 20 heavy (non-hydrogen) atoms. The first-order valence-electron chi connectivity index (χ1n) is 6.34. The number of Topliss-reactive ketones (excluding diaryl/α,β-unsaturated/α-hetero) is 1. The topological polar surface area (TPSA) is 61.8 Å². The molecular weight excluding hydrogens is 280 g/mol. The zero-order chi connectivity index (χ0) is 14.1. The number of hydrogen-bond acceptors (Lipinski definition) is 6. The van der Waals surface area contributed by atoms with Gasteiger partial charge < -0.3 is 14.2 Å². The second kappa shape index (κ2) is 5.36. The largest absolute Gasteiger partial charge is 0.486 e. The van der Waals surface area contributed by atoms with Gasteiger partial charge in [0.2, 0.25) is 0 Å². The van der Waals surface area contributed by atoms with Gasteiger partial charge in [-0.1, -0.05) is 0 Å². The number of rotatable bonds is 1. The number of carbonyl (C=O) groups is 2. The highest BCUT2D eigenvalue weighted by atomic mass is 32.2. The summed E-state index contributed by atoms with van der Waals surface area (Å²) in [6.45, 7) is 0.981. The van der Waals surface area contributed by atoms with Crippen LogP contribution in [0.15, 0.2) is 12.1 Å². The molecule has 1 aromatic carbocycles. The molecule has 1 atom stereocenters. The van der Waals surface area contributed by atoms with E-state index in [1.165, 1.54) is 18.9 Å². The SMILES string of the molecule is COC(=O)C1Cc2cc3c(cc2C(=O)CS1)OCCO3. The minimum Gasteiger partial charge on any atom is -0.486 e. The average molecular weight is 294 g/mol. The molecule has 2 aliphatic heterocycles. The monoisotopic (exact) mass is 294 g/mol. The lowest BCUT2D eigenvalue weighted by Crippen LogP contribution is -2.21. The highest BCUT2D eigenvalue weighted by molar-refractivity contribution is 8.01. The maximum Gasteiger partial charge on any atom is 0.319 e. The molecule has 1 aromatic rings. The third-order valence-corrected chi connectivity index (χ3v) is 4.54. The van der Waals surface area contributed by atoms with Gasteiger partial charge in [-0.15, -0.1) is 11.8 Å². The summed E-state index contributed by atoms with van der Waals surface area (Å²) in [5.74, 6) is 1.22. The summed E-state index contributed by atoms with van der Waals surface area (Å²) in [7, 11) is 1.36. The normalized spacial score (nSPS) is 20.9. The number of esters is 1. The van der Waals surface area contributed by atoms with Crippen molar-refractivity contribution in [2.75, 3.05) is 26.1 Å². The van der Waals surface area contributed by atoms with Crippen molar-refractivity contribution in [2.45, 2.75) is 11.7 Å². The number of fused-ring (bicyclic) bond motifs is 2. The molecule has 0 aliphatic carbocycles. The van der Waals surface area contributed by atoms with Crippen molar-refractivity contribution in [3.05, 3.63) is 23.3 Å². The Labute approximate surface area is 120 Å². The van der Waals surface area contributed by atoms with Crippen molar-refractivity contribution >= 4 is 23.5 Å². The standard InChI is InChI=1S/C14H14O5S/c1-17-14(16)13-5-8-4-11-12(19-3-2-18-11)6-9(8)10(15)7-20-13/h4,6,13H,2-3,5,7H2,1H3. The minimum absolute atomic E-state index is 0.00776. The van der Waals surface area contributed by atoms with Gasteiger partial charge in [0, 0.05) is 5.56 Å². The van der Waals surface area contributed by atoms with Gasteiger partial charge in [0.05, 0.1) is 12.9 Å². The Morgan fingerprint density at radius 1 is 1.30 bits per heavy atom. The van der Waals surface area contributed by atoms with Crippen LogP contribution in [-0.4, -0.2) is 43.1 Å². The van der Waals surface area contributed by atoms with Gasteiger partial charge in [0.1, 0.15) is 18.5 Å². The molecule has 106 valence electrons. The summed E-state index contributed by atoms with van der Waals surface area (Å²) in [6.07, 6.45) is 0.467. The summed E-state index contributed by atoms with van der Waals surface area (Å²) >= 11 is 1.32. The number of carbonyl (C=O) groups excluding carboxylic acids is 2. The first-order chi connectivity index (χ1) is 9.69. The minimum atomic E-state index is -0.354. The van der Waals surface area contributed by atoms with Gasteiger partial charge in [-0.2, -0.15) is 0 Å². The van der Waals surface area contributed by atoms with E-state index in [9.17, 15) is 9.59 Å². The molecule has 2 aliphatic rings. The van der Waals surface area contributed by atoms with Gasteiger partial charge in [-0.05, 0) is 24.1 Å². The Hall–Kier alpha value is -1.69. The number of thioether (sulfide) groups is 1. The molecule has 3 rings (SSSR count). The molecule has 0 saturated heterocycles. The van der Waals surface area contributed by atoms with Crippen molar-refractivity contribution in [1.29, 1.82) is 0 Å². The maximum absolute atomic E-state index is 12.2. The molecule has 6 heteroatoms. The third-order valence-electron chi connectivity index (χ3n) is 3.35. The summed E-state index contributed by atoms with van der Waals surface area (Å²) in [4.78, 5) is 23.9. The van der Waals surface area contributed by atoms with Gasteiger partial charge in [0.15, 0.2) is 17.3 Å². The third kappa shape index (κ3) is 2.35. The number of ketones is 1. The molecule has 0 amide bonds. The molecule has 0 bridgehead atoms. The van der Waals surface area contributed by atoms with E-state index in [0.717, 1.165) is 5.56 Å². The molecule has 0 N–H and O–H groups in total. The summed E-state index contributed by atoms with van der Waals surface area (Å²) in [6, 6.07) is 3.54. The molecule has 5 nitrogen and oxygen atoms in total. The molecule has 0 fully saturated rings. The van der Waals surface area contributed by atoms with Crippen LogP contribution in [0.1, 0.15) is 15.9 Å². The lowest BCUT2D eigenvalue weighted by atomic mass is 9.99. The smallest absolute Gasteiger partial charge is 0.319 e. The Morgan fingerprint density at radius 3 is 2.70 bits per heavy atom. The van der Waals surface area contributed by atoms with Crippen LogP contribution in [0.2, 0.25) is 0 Å². The highest BCUT2D eigenvalue weighted by Gasteiger charge is 2.29. The molecule has 0 saturated carbocycles. The Kier molecular flexibility index (Phi) is 3.56. The van der Waals surface area contributed by atoms with E-state index in [1.54, 1.807) is 6.07 Å². The van der Waals surface area contributed by atoms with Crippen molar-refractivity contribution < 1.29 is 23.8 Å². The van der Waals surface area contributed by atoms with Crippen LogP contribution in [0.3, 0.4) is 0 Å². The number of hydrogen-bond donors (Lipinski definition) is 0. The molecule has 2 heterocycles. The molecule has 0 aromatic heterocycles. The molecule has 0 spiro atoms. The van der Waals surface area contributed by atoms with E-state index < -0.39 is 0 Å². The van der Waals surface area contributed by atoms with Crippen LogP contribution in [0, 0.1) is 0 Å². The van der Waals surface area contributed by atoms with Crippen LogP contribution in [0.4, 0.5) is 0 Å². The van der Waals surface area contributed by atoms with Crippen LogP contribution >= 0.6 is 11.8 Å². The van der Waals surface area contributed by atoms with Crippen molar-refractivity contribution in [3.8, 4) is 11.5 Å². The molecule has 0 radical (unpaired) electrons. The quantitative estimate of drug-likeness (QED) is 0.731. The average Bonchev–Trinajstić information content (AvgIpc) is 2.64. The first kappa shape index (κ1) is 13.3. The number of ether oxygens (including phenoxy) is 3. The van der Waals surface area contributed by atoms with E-state index in [4.69, 9.17) is 14.2 Å². The summed E-state index contributed by atoms with van der Waals surface area (Å²) in [5.41, 5.74) is 1.44. The number of benzene rings is 1. The van der Waals surface area contributed by atoms with E-state index >= 15 is 0 Å². The highest BCUT2D eigenvalue weighted by Crippen LogP contribution is 2.36. The van der Waals surface area contributed by atoms with Gasteiger partial charge >= 0.3 is 5.97 Å². The van der Waals surface area contributed by atoms with E-state index in [2.05, 4.69) is 0 Å². The Morgan fingerprint density at radius 2 is 2.00 bits per heavy atom. The number of methoxy groups -OCH3 is 1. The van der Waals surface area contributed by atoms with Gasteiger partial charge in [-0.3, -0.25) is 9.59 Å². The molecule has 1 unspecified atom stereocenters. The zero-order valence-electron chi connectivity index (χ0n) is 11.0. The van der Waals surface area contributed by atoms with E-state index in [-0.39, 0.29) is 22.8 Å². The summed E-state index contributed by atoms with van der Waals surface area (Å²) < 4.78 is 15.8. The van der Waals surface area contributed by atoms with Crippen molar-refractivity contribution in [2.24, 2.45) is 0 Å². The van der Waals surface area contributed by atoms with Crippen LogP contribution in [0.5, 0.6) is 11.5 Å². The van der Waals surface area contributed by atoms with Crippen LogP contribution in [-0.2, 0) is 16.0 Å². The fourth-order valence-corrected chi connectivity index (χ4v) is 3.39. The lowest BCUT2D eigenvalue weighted by molar-refractivity contribution is -0.139. The van der Waals surface area contributed by atoms with E-state index in [0.29, 0.717) is 36.7 Å². The first-order valence-corrected chi connectivity index (χ1v) is 7.39. The predicted octanol–water partition coefficient (Wildman–Crippen LogP) is 1.47. The van der Waals surface area contributed by atoms with Crippen molar-refractivity contribution in [3.63, 3.8) is 0 Å². The van der Waals surface area contributed by atoms with Crippen molar-refractivity contribution in [1.82, 2.24) is 0 Å². The lowest BCUT2D eigenvalue weighted by Gasteiger charge is -2.20. The second-order valence-corrected chi connectivity index (χ2v) is 5.79. The van der Waals surface area contributed by atoms with Crippen LogP contribution in [0.25, 0.3) is 0 Å². The summed E-state index contributed by atoms with van der Waals surface area (Å²) in [5, 5.41) is -0.354. The van der Waals surface area contributed by atoms with Crippen LogP contribution < -0.4 is 9.47 Å². The maximum atomic E-state index is 12.2. The zero-order valence-corrected chi connectivity index (χ0v) is 11.8. The molecular formula is C14H14O5S. The Balaban J connectivity index is 1.99. The van der Waals surface area contributed by atoms with E-state index in [1.807, 2.05) is 6.07 Å². The fourth-order valence-electron chi connectivity index (χ4n) is 2.35.